The Morgan fingerprint density at radius 1 is 0.411 bits per heavy atom. The van der Waals surface area contributed by atoms with Gasteiger partial charge in [-0.3, -0.25) is 8.97 Å². The van der Waals surface area contributed by atoms with Crippen LogP contribution in [0.15, 0.2) is 164 Å². The molecule has 1 aliphatic rings. The van der Waals surface area contributed by atoms with E-state index in [-0.39, 0.29) is 0 Å². The summed E-state index contributed by atoms with van der Waals surface area (Å²) >= 11 is 0. The Morgan fingerprint density at radius 2 is 0.875 bits per heavy atom. The third-order valence-electron chi connectivity index (χ3n) is 12.0. The first-order chi connectivity index (χ1) is 27.8. The number of rotatable bonds is 3. The molecule has 0 radical (unpaired) electrons. The third kappa shape index (κ3) is 3.94. The molecule has 0 atom stereocenters. The SMILES string of the molecule is C1=Cc2c(nc3c4ccccc4nc(-n4c5ccc(-n6c7ccccc7c7ccccc76)cc5c5cc(-n6c7ccccc7c7ccccc76)ccc54)n23)CC1. The first-order valence-corrected chi connectivity index (χ1v) is 19.3. The number of aryl methyl sites for hydroxylation is 1. The molecule has 0 saturated heterocycles. The lowest BCUT2D eigenvalue weighted by molar-refractivity contribution is 0.920. The number of imidazole rings is 1. The summed E-state index contributed by atoms with van der Waals surface area (Å²) in [7, 11) is 0. The normalized spacial score (nSPS) is 13.1. The fourth-order valence-corrected chi connectivity index (χ4v) is 9.59. The number of aromatic nitrogens is 6. The maximum Gasteiger partial charge on any atom is 0.221 e. The number of benzene rings is 7. The minimum Gasteiger partial charge on any atom is -0.309 e. The molecule has 56 heavy (non-hydrogen) atoms. The van der Waals surface area contributed by atoms with Crippen molar-refractivity contribution >= 4 is 88.0 Å². The predicted octanol–water partition coefficient (Wildman–Crippen LogP) is 12.1. The van der Waals surface area contributed by atoms with Crippen LogP contribution in [0.2, 0.25) is 0 Å². The van der Waals surface area contributed by atoms with Crippen LogP contribution < -0.4 is 0 Å². The molecule has 0 N–H and O–H groups in total. The van der Waals surface area contributed by atoms with Gasteiger partial charge >= 0.3 is 0 Å². The van der Waals surface area contributed by atoms with Crippen molar-refractivity contribution < 1.29 is 0 Å². The van der Waals surface area contributed by atoms with Gasteiger partial charge in [-0.2, -0.15) is 0 Å². The van der Waals surface area contributed by atoms with Gasteiger partial charge in [-0.05, 0) is 91.7 Å². The maximum absolute atomic E-state index is 5.48. The Labute approximate surface area is 320 Å². The molecule has 13 rings (SSSR count). The maximum atomic E-state index is 5.48. The van der Waals surface area contributed by atoms with E-state index in [9.17, 15) is 0 Å². The average molecular weight is 717 g/mol. The molecule has 5 aromatic heterocycles. The van der Waals surface area contributed by atoms with E-state index in [0.29, 0.717) is 0 Å². The van der Waals surface area contributed by atoms with Gasteiger partial charge in [0.05, 0.1) is 50.0 Å². The number of hydrogen-bond donors (Lipinski definition) is 0. The molecule has 0 unspecified atom stereocenters. The fraction of sp³-hybridized carbons (Fsp3) is 0.0400. The molecule has 6 nitrogen and oxygen atoms in total. The monoisotopic (exact) mass is 716 g/mol. The molecule has 12 aromatic rings. The van der Waals surface area contributed by atoms with E-state index >= 15 is 0 Å². The third-order valence-corrected chi connectivity index (χ3v) is 12.0. The summed E-state index contributed by atoms with van der Waals surface area (Å²) < 4.78 is 9.47. The van der Waals surface area contributed by atoms with Gasteiger partial charge in [-0.1, -0.05) is 91.0 Å². The van der Waals surface area contributed by atoms with E-state index in [1.807, 2.05) is 0 Å². The highest BCUT2D eigenvalue weighted by Crippen LogP contribution is 2.40. The lowest BCUT2D eigenvalue weighted by Gasteiger charge is -2.14. The van der Waals surface area contributed by atoms with Crippen molar-refractivity contribution in [1.29, 1.82) is 0 Å². The molecule has 0 amide bonds. The highest BCUT2D eigenvalue weighted by Gasteiger charge is 2.24. The van der Waals surface area contributed by atoms with Crippen LogP contribution in [0.3, 0.4) is 0 Å². The van der Waals surface area contributed by atoms with Crippen LogP contribution in [0.25, 0.3) is 105 Å². The van der Waals surface area contributed by atoms with Crippen molar-refractivity contribution in [2.24, 2.45) is 0 Å². The average Bonchev–Trinajstić information content (AvgIpc) is 4.00. The molecule has 6 heteroatoms. The summed E-state index contributed by atoms with van der Waals surface area (Å²) in [6.07, 6.45) is 6.40. The Morgan fingerprint density at radius 3 is 1.41 bits per heavy atom. The van der Waals surface area contributed by atoms with Gasteiger partial charge in [0.15, 0.2) is 0 Å². The highest BCUT2D eigenvalue weighted by atomic mass is 15.2. The Hall–Kier alpha value is -7.44. The number of allylic oxidation sites excluding steroid dienone is 1. The van der Waals surface area contributed by atoms with Crippen LogP contribution in [-0.4, -0.2) is 28.1 Å². The molecule has 0 aliphatic heterocycles. The van der Waals surface area contributed by atoms with E-state index < -0.39 is 0 Å². The second-order valence-electron chi connectivity index (χ2n) is 15.0. The van der Waals surface area contributed by atoms with Crippen LogP contribution in [0.4, 0.5) is 0 Å². The molecule has 0 bridgehead atoms. The second-order valence-corrected chi connectivity index (χ2v) is 15.0. The van der Waals surface area contributed by atoms with Crippen molar-refractivity contribution in [3.05, 3.63) is 175 Å². The minimum atomic E-state index is 0.841. The first kappa shape index (κ1) is 29.9. The lowest BCUT2D eigenvalue weighted by Crippen LogP contribution is -2.08. The van der Waals surface area contributed by atoms with Gasteiger partial charge in [-0.25, -0.2) is 9.97 Å². The Kier molecular flexibility index (Phi) is 5.91. The van der Waals surface area contributed by atoms with E-state index in [1.165, 1.54) is 43.6 Å². The van der Waals surface area contributed by atoms with E-state index in [1.54, 1.807) is 0 Å². The molecule has 0 spiro atoms. The number of para-hydroxylation sites is 5. The molecule has 5 heterocycles. The fourth-order valence-electron chi connectivity index (χ4n) is 9.59. The van der Waals surface area contributed by atoms with E-state index in [0.717, 1.165) is 79.9 Å². The number of fused-ring (bicyclic) bond motifs is 14. The van der Waals surface area contributed by atoms with Gasteiger partial charge in [-0.15, -0.1) is 0 Å². The van der Waals surface area contributed by atoms with Gasteiger partial charge in [0, 0.05) is 49.1 Å². The van der Waals surface area contributed by atoms with Crippen molar-refractivity contribution in [1.82, 2.24) is 28.1 Å². The zero-order chi connectivity index (χ0) is 36.5. The van der Waals surface area contributed by atoms with Crippen molar-refractivity contribution in [2.45, 2.75) is 12.8 Å². The van der Waals surface area contributed by atoms with Gasteiger partial charge in [0.2, 0.25) is 5.95 Å². The molecule has 0 fully saturated rings. The van der Waals surface area contributed by atoms with Crippen LogP contribution in [-0.2, 0) is 6.42 Å². The smallest absolute Gasteiger partial charge is 0.221 e. The molecule has 0 saturated carbocycles. The first-order valence-electron chi connectivity index (χ1n) is 19.3. The summed E-state index contributed by atoms with van der Waals surface area (Å²) in [6, 6.07) is 57.2. The summed E-state index contributed by atoms with van der Waals surface area (Å²) in [6.45, 7) is 0. The quantitative estimate of drug-likeness (QED) is 0.183. The standard InChI is InChI=1S/C50H32N6/c1-6-18-40-37(17-1)49-51-41-19-7-12-24-48(41)56(49)50(52-40)55-46-27-25-31(53-42-20-8-2-13-33(42)34-14-3-9-21-43(34)53)29-38(46)39-30-32(26-28-47(39)55)54-44-22-10-4-15-35(44)36-16-5-11-23-45(36)54/h1-6,8-18,20-30H,7,19H2. The lowest BCUT2D eigenvalue weighted by atomic mass is 10.1. The molecular weight excluding hydrogens is 685 g/mol. The van der Waals surface area contributed by atoms with Crippen molar-refractivity contribution in [3.63, 3.8) is 0 Å². The van der Waals surface area contributed by atoms with Crippen LogP contribution >= 0.6 is 0 Å². The Balaban J connectivity index is 1.17. The van der Waals surface area contributed by atoms with Crippen molar-refractivity contribution in [3.8, 4) is 17.3 Å². The van der Waals surface area contributed by atoms with Gasteiger partial charge in [0.25, 0.3) is 0 Å². The molecule has 1 aliphatic carbocycles. The minimum absolute atomic E-state index is 0.841. The highest BCUT2D eigenvalue weighted by molar-refractivity contribution is 6.14. The van der Waals surface area contributed by atoms with Gasteiger partial charge < -0.3 is 9.13 Å². The van der Waals surface area contributed by atoms with E-state index in [4.69, 9.17) is 9.97 Å². The molecular formula is C50H32N6. The summed E-state index contributed by atoms with van der Waals surface area (Å²) in [4.78, 5) is 10.8. The largest absolute Gasteiger partial charge is 0.309 e. The number of hydrogen-bond acceptors (Lipinski definition) is 2. The summed E-state index contributed by atoms with van der Waals surface area (Å²) in [5, 5.41) is 8.38. The molecule has 262 valence electrons. The zero-order valence-electron chi connectivity index (χ0n) is 30.3. The summed E-state index contributed by atoms with van der Waals surface area (Å²) in [5.74, 6) is 0.841. The number of nitrogens with zero attached hydrogens (tertiary/aromatic N) is 6. The van der Waals surface area contributed by atoms with Crippen LogP contribution in [0, 0.1) is 0 Å². The van der Waals surface area contributed by atoms with E-state index in [2.05, 4.69) is 188 Å². The topological polar surface area (TPSA) is 45.0 Å². The van der Waals surface area contributed by atoms with Crippen LogP contribution in [0.5, 0.6) is 0 Å². The summed E-state index contributed by atoms with van der Waals surface area (Å²) in [5.41, 5.74) is 13.3. The zero-order valence-corrected chi connectivity index (χ0v) is 30.3. The molecule has 7 aromatic carbocycles. The van der Waals surface area contributed by atoms with Gasteiger partial charge in [0.1, 0.15) is 5.65 Å². The Bertz CT molecular complexity index is 3380. The second kappa shape index (κ2) is 11.1. The predicted molar refractivity (Wildman–Crippen MR) is 231 cm³/mol. The van der Waals surface area contributed by atoms with Crippen molar-refractivity contribution in [2.75, 3.05) is 0 Å². The van der Waals surface area contributed by atoms with Crippen LogP contribution in [0.1, 0.15) is 17.8 Å².